The van der Waals surface area contributed by atoms with Gasteiger partial charge in [0.2, 0.25) is 5.91 Å². The molecule has 0 aliphatic carbocycles. The van der Waals surface area contributed by atoms with E-state index in [9.17, 15) is 4.79 Å². The van der Waals surface area contributed by atoms with Gasteiger partial charge in [-0.3, -0.25) is 9.78 Å². The van der Waals surface area contributed by atoms with Crippen molar-refractivity contribution in [3.63, 3.8) is 0 Å². The summed E-state index contributed by atoms with van der Waals surface area (Å²) < 4.78 is 0. The molecule has 104 valence electrons. The molecule has 0 spiro atoms. The first kappa shape index (κ1) is 14.2. The van der Waals surface area contributed by atoms with Gasteiger partial charge in [0.15, 0.2) is 0 Å². The standard InChI is InChI=1S/C16H19N3O/c1-12-5-3-7-14(9-12)19-16(20)11-17-10-15-8-4-6-13(2)18-15/h3-9,17H,10-11H2,1-2H3,(H,19,20). The molecule has 4 heteroatoms. The lowest BCUT2D eigenvalue weighted by atomic mass is 10.2. The highest BCUT2D eigenvalue weighted by Crippen LogP contribution is 2.08. The maximum atomic E-state index is 11.8. The molecule has 1 heterocycles. The second-order valence-electron chi connectivity index (χ2n) is 4.79. The first-order chi connectivity index (χ1) is 9.63. The van der Waals surface area contributed by atoms with Crippen molar-refractivity contribution in [3.8, 4) is 0 Å². The molecule has 1 aromatic heterocycles. The second kappa shape index (κ2) is 6.82. The van der Waals surface area contributed by atoms with E-state index in [1.54, 1.807) is 0 Å². The summed E-state index contributed by atoms with van der Waals surface area (Å²) >= 11 is 0. The van der Waals surface area contributed by atoms with Gasteiger partial charge >= 0.3 is 0 Å². The van der Waals surface area contributed by atoms with E-state index in [4.69, 9.17) is 0 Å². The van der Waals surface area contributed by atoms with Crippen molar-refractivity contribution in [3.05, 3.63) is 59.4 Å². The minimum Gasteiger partial charge on any atom is -0.325 e. The van der Waals surface area contributed by atoms with E-state index in [0.717, 1.165) is 22.6 Å². The molecule has 0 fully saturated rings. The Labute approximate surface area is 119 Å². The van der Waals surface area contributed by atoms with E-state index in [1.807, 2.05) is 56.3 Å². The van der Waals surface area contributed by atoms with Gasteiger partial charge < -0.3 is 10.6 Å². The van der Waals surface area contributed by atoms with Gasteiger partial charge in [-0.15, -0.1) is 0 Å². The first-order valence-electron chi connectivity index (χ1n) is 6.63. The fraction of sp³-hybridized carbons (Fsp3) is 0.250. The zero-order valence-corrected chi connectivity index (χ0v) is 11.8. The van der Waals surface area contributed by atoms with Gasteiger partial charge in [0, 0.05) is 17.9 Å². The van der Waals surface area contributed by atoms with Crippen LogP contribution in [0, 0.1) is 13.8 Å². The van der Waals surface area contributed by atoms with Crippen LogP contribution >= 0.6 is 0 Å². The monoisotopic (exact) mass is 269 g/mol. The number of nitrogens with one attached hydrogen (secondary N) is 2. The smallest absolute Gasteiger partial charge is 0.238 e. The van der Waals surface area contributed by atoms with Crippen molar-refractivity contribution in [2.45, 2.75) is 20.4 Å². The number of aryl methyl sites for hydroxylation is 2. The molecule has 0 unspecified atom stereocenters. The van der Waals surface area contributed by atoms with E-state index >= 15 is 0 Å². The Morgan fingerprint density at radius 3 is 2.70 bits per heavy atom. The largest absolute Gasteiger partial charge is 0.325 e. The third-order valence-electron chi connectivity index (χ3n) is 2.84. The minimum atomic E-state index is -0.0525. The van der Waals surface area contributed by atoms with Gasteiger partial charge in [-0.1, -0.05) is 18.2 Å². The quantitative estimate of drug-likeness (QED) is 0.876. The summed E-state index contributed by atoms with van der Waals surface area (Å²) in [5, 5.41) is 5.95. The molecule has 20 heavy (non-hydrogen) atoms. The van der Waals surface area contributed by atoms with E-state index in [2.05, 4.69) is 15.6 Å². The van der Waals surface area contributed by atoms with E-state index in [0.29, 0.717) is 6.54 Å². The van der Waals surface area contributed by atoms with Gasteiger partial charge in [-0.25, -0.2) is 0 Å². The summed E-state index contributed by atoms with van der Waals surface area (Å²) in [5.74, 6) is -0.0525. The topological polar surface area (TPSA) is 54.0 Å². The summed E-state index contributed by atoms with van der Waals surface area (Å²) in [6, 6.07) is 13.6. The van der Waals surface area contributed by atoms with Crippen LogP contribution in [0.1, 0.15) is 17.0 Å². The highest BCUT2D eigenvalue weighted by molar-refractivity contribution is 5.92. The molecule has 0 bridgehead atoms. The van der Waals surface area contributed by atoms with Crippen LogP contribution in [0.5, 0.6) is 0 Å². The molecule has 0 saturated heterocycles. The number of benzene rings is 1. The van der Waals surface area contributed by atoms with Crippen molar-refractivity contribution in [1.82, 2.24) is 10.3 Å². The number of amides is 1. The number of hydrogen-bond acceptors (Lipinski definition) is 3. The number of pyridine rings is 1. The zero-order chi connectivity index (χ0) is 14.4. The van der Waals surface area contributed by atoms with E-state index < -0.39 is 0 Å². The van der Waals surface area contributed by atoms with Crippen LogP contribution in [-0.2, 0) is 11.3 Å². The van der Waals surface area contributed by atoms with Crippen molar-refractivity contribution >= 4 is 11.6 Å². The average Bonchev–Trinajstić information content (AvgIpc) is 2.38. The molecule has 2 N–H and O–H groups in total. The fourth-order valence-electron chi connectivity index (χ4n) is 1.93. The van der Waals surface area contributed by atoms with Crippen LogP contribution < -0.4 is 10.6 Å². The Hall–Kier alpha value is -2.20. The van der Waals surface area contributed by atoms with Gasteiger partial charge in [0.1, 0.15) is 0 Å². The maximum Gasteiger partial charge on any atom is 0.238 e. The van der Waals surface area contributed by atoms with Crippen LogP contribution in [-0.4, -0.2) is 17.4 Å². The molecule has 1 amide bonds. The lowest BCUT2D eigenvalue weighted by molar-refractivity contribution is -0.115. The summed E-state index contributed by atoms with van der Waals surface area (Å²) in [6.45, 7) is 4.80. The number of aromatic nitrogens is 1. The number of carbonyl (C=O) groups excluding carboxylic acids is 1. The second-order valence-corrected chi connectivity index (χ2v) is 4.79. The van der Waals surface area contributed by atoms with Crippen molar-refractivity contribution < 1.29 is 4.79 Å². The Morgan fingerprint density at radius 1 is 1.15 bits per heavy atom. The number of anilines is 1. The van der Waals surface area contributed by atoms with Crippen molar-refractivity contribution in [2.75, 3.05) is 11.9 Å². The number of carbonyl (C=O) groups is 1. The molecule has 0 aliphatic rings. The van der Waals surface area contributed by atoms with Crippen LogP contribution in [0.15, 0.2) is 42.5 Å². The van der Waals surface area contributed by atoms with Crippen LogP contribution in [0.2, 0.25) is 0 Å². The molecule has 1 aromatic carbocycles. The highest BCUT2D eigenvalue weighted by Gasteiger charge is 2.02. The zero-order valence-electron chi connectivity index (χ0n) is 11.8. The molecule has 0 radical (unpaired) electrons. The summed E-state index contributed by atoms with van der Waals surface area (Å²) in [4.78, 5) is 16.2. The molecule has 4 nitrogen and oxygen atoms in total. The number of rotatable bonds is 5. The van der Waals surface area contributed by atoms with Gasteiger partial charge in [-0.05, 0) is 43.7 Å². The molecule has 2 aromatic rings. The van der Waals surface area contributed by atoms with Crippen molar-refractivity contribution in [1.29, 1.82) is 0 Å². The highest BCUT2D eigenvalue weighted by atomic mass is 16.1. The number of hydrogen-bond donors (Lipinski definition) is 2. The van der Waals surface area contributed by atoms with E-state index in [1.165, 1.54) is 0 Å². The normalized spacial score (nSPS) is 10.3. The third kappa shape index (κ3) is 4.48. The number of nitrogens with zero attached hydrogens (tertiary/aromatic N) is 1. The van der Waals surface area contributed by atoms with Crippen molar-refractivity contribution in [2.24, 2.45) is 0 Å². The summed E-state index contributed by atoms with van der Waals surface area (Å²) in [6.07, 6.45) is 0. The molecular weight excluding hydrogens is 250 g/mol. The van der Waals surface area contributed by atoms with Crippen LogP contribution in [0.4, 0.5) is 5.69 Å². The average molecular weight is 269 g/mol. The Balaban J connectivity index is 1.78. The molecule has 0 saturated carbocycles. The summed E-state index contributed by atoms with van der Waals surface area (Å²) in [5.41, 5.74) is 3.87. The Bertz CT molecular complexity index is 596. The maximum absolute atomic E-state index is 11.8. The SMILES string of the molecule is Cc1cccc(NC(=O)CNCc2cccc(C)n2)c1. The predicted molar refractivity (Wildman–Crippen MR) is 80.5 cm³/mol. The molecule has 0 atom stereocenters. The van der Waals surface area contributed by atoms with Crippen LogP contribution in [0.3, 0.4) is 0 Å². The lowest BCUT2D eigenvalue weighted by Crippen LogP contribution is -2.28. The van der Waals surface area contributed by atoms with E-state index in [-0.39, 0.29) is 12.5 Å². The third-order valence-corrected chi connectivity index (χ3v) is 2.84. The van der Waals surface area contributed by atoms with Gasteiger partial charge in [0.05, 0.1) is 12.2 Å². The Kier molecular flexibility index (Phi) is 4.85. The Morgan fingerprint density at radius 2 is 1.95 bits per heavy atom. The lowest BCUT2D eigenvalue weighted by Gasteiger charge is -2.07. The molecular formula is C16H19N3O. The molecule has 0 aliphatic heterocycles. The van der Waals surface area contributed by atoms with Gasteiger partial charge in [-0.2, -0.15) is 0 Å². The molecule has 2 rings (SSSR count). The predicted octanol–water partition coefficient (Wildman–Crippen LogP) is 2.43. The minimum absolute atomic E-state index is 0.0525. The fourth-order valence-corrected chi connectivity index (χ4v) is 1.93. The summed E-state index contributed by atoms with van der Waals surface area (Å²) in [7, 11) is 0. The van der Waals surface area contributed by atoms with Crippen LogP contribution in [0.25, 0.3) is 0 Å². The first-order valence-corrected chi connectivity index (χ1v) is 6.63. The van der Waals surface area contributed by atoms with Gasteiger partial charge in [0.25, 0.3) is 0 Å².